The van der Waals surface area contributed by atoms with Gasteiger partial charge in [-0.05, 0) is 65.3 Å². The first-order chi connectivity index (χ1) is 14.7. The molecule has 0 saturated carbocycles. The van der Waals surface area contributed by atoms with Gasteiger partial charge in [0, 0.05) is 6.54 Å². The normalized spacial score (nSPS) is 11.5. The number of hydrogen-bond acceptors (Lipinski definition) is 6. The molecule has 1 heterocycles. The fraction of sp³-hybridized carbons (Fsp3) is 0.409. The van der Waals surface area contributed by atoms with Crippen molar-refractivity contribution >= 4 is 52.4 Å². The highest BCUT2D eigenvalue weighted by atomic mass is 35.5. The van der Waals surface area contributed by atoms with Gasteiger partial charge in [0.1, 0.15) is 11.2 Å². The Hall–Kier alpha value is -2.78. The molecule has 0 atom stereocenters. The Balaban J connectivity index is 2.27. The van der Waals surface area contributed by atoms with Crippen LogP contribution in [0.4, 0.5) is 21.0 Å². The molecule has 3 amide bonds. The van der Waals surface area contributed by atoms with Crippen LogP contribution in [0.3, 0.4) is 0 Å². The second-order valence-electron chi connectivity index (χ2n) is 8.88. The molecular weight excluding hydrogens is 454 g/mol. The van der Waals surface area contributed by atoms with Crippen molar-refractivity contribution in [3.05, 3.63) is 45.1 Å². The number of carbonyl (C=O) groups excluding carboxylic acids is 3. The first-order valence-electron chi connectivity index (χ1n) is 9.89. The van der Waals surface area contributed by atoms with E-state index in [9.17, 15) is 14.4 Å². The molecule has 1 aromatic carbocycles. The van der Waals surface area contributed by atoms with Crippen LogP contribution in [-0.2, 0) is 16.0 Å². The second kappa shape index (κ2) is 10.2. The number of para-hydroxylation sites is 1. The Bertz CT molecular complexity index is 992. The third kappa shape index (κ3) is 8.39. The van der Waals surface area contributed by atoms with Gasteiger partial charge in [0.15, 0.2) is 0 Å². The Labute approximate surface area is 196 Å². The van der Waals surface area contributed by atoms with Crippen LogP contribution in [0.1, 0.15) is 56.8 Å². The maximum absolute atomic E-state index is 12.4. The first kappa shape index (κ1) is 25.5. The van der Waals surface area contributed by atoms with Crippen molar-refractivity contribution in [3.8, 4) is 0 Å². The smallest absolute Gasteiger partial charge is 0.412 e. The summed E-state index contributed by atoms with van der Waals surface area (Å²) in [6.07, 6.45) is -1.38. The summed E-state index contributed by atoms with van der Waals surface area (Å²) in [7, 11) is 0. The van der Waals surface area contributed by atoms with Crippen molar-refractivity contribution in [3.63, 3.8) is 0 Å². The van der Waals surface area contributed by atoms with Crippen LogP contribution in [0.25, 0.3) is 0 Å². The predicted molar refractivity (Wildman–Crippen MR) is 127 cm³/mol. The van der Waals surface area contributed by atoms with E-state index in [2.05, 4.69) is 16.0 Å². The van der Waals surface area contributed by atoms with Gasteiger partial charge in [0.05, 0.1) is 20.6 Å². The van der Waals surface area contributed by atoms with Gasteiger partial charge in [-0.3, -0.25) is 15.4 Å². The van der Waals surface area contributed by atoms with Crippen LogP contribution in [0, 0.1) is 0 Å². The predicted octanol–water partition coefficient (Wildman–Crippen LogP) is 6.03. The third-order valence-corrected chi connectivity index (χ3v) is 4.88. The summed E-state index contributed by atoms with van der Waals surface area (Å²) >= 11 is 7.06. The van der Waals surface area contributed by atoms with Gasteiger partial charge < -0.3 is 14.8 Å². The molecule has 0 aliphatic carbocycles. The lowest BCUT2D eigenvalue weighted by Gasteiger charge is -2.23. The van der Waals surface area contributed by atoms with Crippen LogP contribution in [0.5, 0.6) is 0 Å². The van der Waals surface area contributed by atoms with E-state index in [1.165, 1.54) is 0 Å². The molecule has 2 aromatic rings. The minimum Gasteiger partial charge on any atom is -0.444 e. The van der Waals surface area contributed by atoms with E-state index >= 15 is 0 Å². The number of carbonyl (C=O) groups is 3. The van der Waals surface area contributed by atoms with Crippen LogP contribution in [-0.4, -0.2) is 29.3 Å². The van der Waals surface area contributed by atoms with E-state index in [-0.39, 0.29) is 18.1 Å². The van der Waals surface area contributed by atoms with Crippen LogP contribution in [0.2, 0.25) is 4.34 Å². The number of amides is 3. The summed E-state index contributed by atoms with van der Waals surface area (Å²) in [6.45, 7) is 10.5. The fourth-order valence-corrected chi connectivity index (χ4v) is 3.48. The summed E-state index contributed by atoms with van der Waals surface area (Å²) in [4.78, 5) is 37.6. The maximum Gasteiger partial charge on any atom is 0.412 e. The van der Waals surface area contributed by atoms with Gasteiger partial charge in [0.2, 0.25) is 0 Å². The zero-order valence-corrected chi connectivity index (χ0v) is 20.5. The molecule has 3 N–H and O–H groups in total. The molecule has 0 bridgehead atoms. The highest BCUT2D eigenvalue weighted by Gasteiger charge is 2.22. The molecule has 174 valence electrons. The zero-order valence-electron chi connectivity index (χ0n) is 18.9. The lowest BCUT2D eigenvalue weighted by molar-refractivity contribution is 0.0620. The van der Waals surface area contributed by atoms with E-state index in [4.69, 9.17) is 21.1 Å². The van der Waals surface area contributed by atoms with Crippen molar-refractivity contribution < 1.29 is 23.9 Å². The largest absolute Gasteiger partial charge is 0.444 e. The summed E-state index contributed by atoms with van der Waals surface area (Å²) < 4.78 is 11.2. The Morgan fingerprint density at radius 2 is 1.50 bits per heavy atom. The highest BCUT2D eigenvalue weighted by molar-refractivity contribution is 7.17. The zero-order chi connectivity index (χ0) is 24.1. The lowest BCUT2D eigenvalue weighted by Crippen LogP contribution is -2.30. The summed E-state index contributed by atoms with van der Waals surface area (Å²) in [5.74, 6) is -0.310. The second-order valence-corrected chi connectivity index (χ2v) is 10.6. The minimum absolute atomic E-state index is 0.0866. The average molecular weight is 482 g/mol. The molecule has 0 aliphatic rings. The number of halogens is 1. The monoisotopic (exact) mass is 481 g/mol. The van der Waals surface area contributed by atoms with Crippen molar-refractivity contribution in [1.82, 2.24) is 5.32 Å². The molecule has 8 nitrogen and oxygen atoms in total. The summed E-state index contributed by atoms with van der Waals surface area (Å²) in [6, 6.07) is 8.29. The summed E-state index contributed by atoms with van der Waals surface area (Å²) in [5.41, 5.74) is -0.269. The van der Waals surface area contributed by atoms with Gasteiger partial charge in [-0.25, -0.2) is 9.59 Å². The average Bonchev–Trinajstić information content (AvgIpc) is 3.05. The van der Waals surface area contributed by atoms with Crippen LogP contribution >= 0.6 is 22.9 Å². The maximum atomic E-state index is 12.4. The number of thiophene rings is 1. The molecule has 0 spiro atoms. The minimum atomic E-state index is -0.718. The number of rotatable bonds is 5. The van der Waals surface area contributed by atoms with E-state index in [0.29, 0.717) is 20.5 Å². The Kier molecular flexibility index (Phi) is 8.14. The van der Waals surface area contributed by atoms with E-state index in [1.54, 1.807) is 71.9 Å². The third-order valence-electron chi connectivity index (χ3n) is 3.65. The molecule has 10 heteroatoms. The van der Waals surface area contributed by atoms with E-state index in [0.717, 1.165) is 11.3 Å². The van der Waals surface area contributed by atoms with Gasteiger partial charge in [-0.1, -0.05) is 23.7 Å². The molecule has 0 saturated heterocycles. The van der Waals surface area contributed by atoms with E-state index in [1.807, 2.05) is 0 Å². The summed E-state index contributed by atoms with van der Waals surface area (Å²) in [5, 5.41) is 8.10. The van der Waals surface area contributed by atoms with Gasteiger partial charge in [-0.2, -0.15) is 0 Å². The van der Waals surface area contributed by atoms with Gasteiger partial charge >= 0.3 is 12.2 Å². The quantitative estimate of drug-likeness (QED) is 0.483. The molecular formula is C22H28ClN3O5S. The van der Waals surface area contributed by atoms with Gasteiger partial charge in [-0.15, -0.1) is 11.3 Å². The standard InChI is InChI=1S/C22H28ClN3O5S/c1-21(2,3)30-19(28)25-14-9-7-8-13(17(14)26-20(29)31-22(4,5)6)12-24-18(27)15-10-11-16(23)32-15/h7-11H,12H2,1-6H3,(H,24,27)(H,25,28)(H,26,29). The topological polar surface area (TPSA) is 106 Å². The molecule has 2 rings (SSSR count). The molecule has 0 unspecified atom stereocenters. The van der Waals surface area contributed by atoms with Crippen LogP contribution < -0.4 is 16.0 Å². The highest BCUT2D eigenvalue weighted by Crippen LogP contribution is 2.28. The fourth-order valence-electron chi connectivity index (χ4n) is 2.52. The lowest BCUT2D eigenvalue weighted by atomic mass is 10.1. The SMILES string of the molecule is CC(C)(C)OC(=O)Nc1cccc(CNC(=O)c2ccc(Cl)s2)c1NC(=O)OC(C)(C)C. The molecule has 32 heavy (non-hydrogen) atoms. The number of nitrogens with one attached hydrogen (secondary N) is 3. The number of hydrogen-bond donors (Lipinski definition) is 3. The number of ether oxygens (including phenoxy) is 2. The van der Waals surface area contributed by atoms with Crippen molar-refractivity contribution in [1.29, 1.82) is 0 Å². The molecule has 1 aromatic heterocycles. The van der Waals surface area contributed by atoms with Crippen molar-refractivity contribution in [2.45, 2.75) is 59.3 Å². The van der Waals surface area contributed by atoms with Crippen molar-refractivity contribution in [2.75, 3.05) is 10.6 Å². The van der Waals surface area contributed by atoms with Gasteiger partial charge in [0.25, 0.3) is 5.91 Å². The van der Waals surface area contributed by atoms with Crippen molar-refractivity contribution in [2.24, 2.45) is 0 Å². The molecule has 0 radical (unpaired) electrons. The van der Waals surface area contributed by atoms with E-state index < -0.39 is 23.4 Å². The first-order valence-corrected chi connectivity index (χ1v) is 11.1. The number of benzene rings is 1. The van der Waals surface area contributed by atoms with Crippen LogP contribution in [0.15, 0.2) is 30.3 Å². The Morgan fingerprint density at radius 1 is 0.906 bits per heavy atom. The number of anilines is 2. The Morgan fingerprint density at radius 3 is 2.03 bits per heavy atom. The molecule has 0 aliphatic heterocycles. The molecule has 0 fully saturated rings.